The second-order valence-electron chi connectivity index (χ2n) is 4.43. The third-order valence-electron chi connectivity index (χ3n) is 2.99. The van der Waals surface area contributed by atoms with Gasteiger partial charge in [-0.25, -0.2) is 4.98 Å². The number of aromatic nitrogens is 1. The van der Waals surface area contributed by atoms with Gasteiger partial charge in [-0.05, 0) is 23.4 Å². The highest BCUT2D eigenvalue weighted by atomic mass is 35.5. The summed E-state index contributed by atoms with van der Waals surface area (Å²) in [6.07, 6.45) is 0. The number of pyridine rings is 1. The highest BCUT2D eigenvalue weighted by molar-refractivity contribution is 7.18. The Morgan fingerprint density at radius 1 is 1.26 bits per heavy atom. The van der Waals surface area contributed by atoms with Crippen LogP contribution in [0.15, 0.2) is 41.8 Å². The second-order valence-corrected chi connectivity index (χ2v) is 5.70. The van der Waals surface area contributed by atoms with Gasteiger partial charge < -0.3 is 5.32 Å². The average Bonchev–Trinajstić information content (AvgIpc) is 2.79. The monoisotopic (exact) mass is 288 g/mol. The molecule has 0 saturated heterocycles. The van der Waals surface area contributed by atoms with Gasteiger partial charge in [0.2, 0.25) is 0 Å². The fraction of sp³-hybridized carbons (Fsp3) is 0.133. The molecule has 0 unspecified atom stereocenters. The molecule has 0 saturated carbocycles. The van der Waals surface area contributed by atoms with Crippen molar-refractivity contribution in [3.05, 3.63) is 58.1 Å². The summed E-state index contributed by atoms with van der Waals surface area (Å²) in [7, 11) is 0. The van der Waals surface area contributed by atoms with Crippen molar-refractivity contribution >= 4 is 38.8 Å². The molecular weight excluding hydrogens is 276 g/mol. The molecule has 0 aliphatic carbocycles. The van der Waals surface area contributed by atoms with E-state index >= 15 is 0 Å². The molecule has 3 rings (SSSR count). The molecule has 0 radical (unpaired) electrons. The van der Waals surface area contributed by atoms with Crippen molar-refractivity contribution in [3.8, 4) is 0 Å². The third-order valence-corrected chi connectivity index (χ3v) is 4.31. The summed E-state index contributed by atoms with van der Waals surface area (Å²) < 4.78 is 1.16. The summed E-state index contributed by atoms with van der Waals surface area (Å²) in [4.78, 5) is 4.39. The molecule has 0 spiro atoms. The number of anilines is 1. The van der Waals surface area contributed by atoms with Crippen molar-refractivity contribution in [2.45, 2.75) is 13.5 Å². The van der Waals surface area contributed by atoms with Crippen LogP contribution in [0.2, 0.25) is 5.15 Å². The van der Waals surface area contributed by atoms with Gasteiger partial charge in [-0.2, -0.15) is 0 Å². The molecule has 19 heavy (non-hydrogen) atoms. The minimum absolute atomic E-state index is 0.532. The Labute approximate surface area is 121 Å². The topological polar surface area (TPSA) is 24.9 Å². The van der Waals surface area contributed by atoms with Crippen molar-refractivity contribution in [2.24, 2.45) is 0 Å². The van der Waals surface area contributed by atoms with Crippen molar-refractivity contribution in [1.82, 2.24) is 4.98 Å². The van der Waals surface area contributed by atoms with E-state index in [9.17, 15) is 0 Å². The Kier molecular flexibility index (Phi) is 3.40. The van der Waals surface area contributed by atoms with Crippen molar-refractivity contribution in [1.29, 1.82) is 0 Å². The molecule has 1 aromatic carbocycles. The Morgan fingerprint density at radius 2 is 2.05 bits per heavy atom. The summed E-state index contributed by atoms with van der Waals surface area (Å²) >= 11 is 7.79. The number of thiophene rings is 1. The van der Waals surface area contributed by atoms with Gasteiger partial charge in [0.05, 0.1) is 15.9 Å². The number of hydrogen-bond acceptors (Lipinski definition) is 3. The summed E-state index contributed by atoms with van der Waals surface area (Å²) in [5.41, 5.74) is 4.46. The molecular formula is C15H13ClN2S. The first-order valence-corrected chi connectivity index (χ1v) is 7.32. The molecule has 0 aliphatic heterocycles. The van der Waals surface area contributed by atoms with Gasteiger partial charge in [0, 0.05) is 12.6 Å². The smallest absolute Gasteiger partial charge is 0.131 e. The fourth-order valence-corrected chi connectivity index (χ4v) is 3.19. The lowest BCUT2D eigenvalue weighted by atomic mass is 10.2. The van der Waals surface area contributed by atoms with Gasteiger partial charge in [0.1, 0.15) is 5.15 Å². The number of halogens is 1. The maximum atomic E-state index is 6.09. The number of nitrogens with one attached hydrogen (secondary N) is 1. The lowest BCUT2D eigenvalue weighted by molar-refractivity contribution is 1.15. The van der Waals surface area contributed by atoms with Crippen LogP contribution in [0, 0.1) is 6.92 Å². The predicted molar refractivity (Wildman–Crippen MR) is 83.1 cm³/mol. The second kappa shape index (κ2) is 5.19. The number of benzene rings is 1. The van der Waals surface area contributed by atoms with E-state index in [0.717, 1.165) is 22.4 Å². The molecule has 3 aromatic rings. The largest absolute Gasteiger partial charge is 0.380 e. The Hall–Kier alpha value is -1.58. The molecule has 0 aliphatic rings. The van der Waals surface area contributed by atoms with E-state index in [0.29, 0.717) is 5.15 Å². The van der Waals surface area contributed by atoms with Gasteiger partial charge in [-0.3, -0.25) is 0 Å². The average molecular weight is 289 g/mol. The molecule has 2 aromatic heterocycles. The van der Waals surface area contributed by atoms with Crippen LogP contribution in [0.3, 0.4) is 0 Å². The SMILES string of the molecule is Cc1csc2c(NCc3ccccc3)cc(Cl)nc12. The molecule has 2 heterocycles. The van der Waals surface area contributed by atoms with Gasteiger partial charge in [0.15, 0.2) is 0 Å². The summed E-state index contributed by atoms with van der Waals surface area (Å²) in [5.74, 6) is 0. The van der Waals surface area contributed by atoms with E-state index in [2.05, 4.69) is 34.7 Å². The molecule has 4 heteroatoms. The zero-order valence-electron chi connectivity index (χ0n) is 10.5. The Balaban J connectivity index is 1.92. The zero-order chi connectivity index (χ0) is 13.2. The van der Waals surface area contributed by atoms with Crippen LogP contribution in [-0.2, 0) is 6.54 Å². The lowest BCUT2D eigenvalue weighted by Crippen LogP contribution is -1.99. The molecule has 0 bridgehead atoms. The maximum Gasteiger partial charge on any atom is 0.131 e. The molecule has 0 amide bonds. The van der Waals surface area contributed by atoms with E-state index < -0.39 is 0 Å². The van der Waals surface area contributed by atoms with Gasteiger partial charge in [-0.1, -0.05) is 41.9 Å². The van der Waals surface area contributed by atoms with Crippen LogP contribution in [0.25, 0.3) is 10.2 Å². The fourth-order valence-electron chi connectivity index (χ4n) is 2.02. The van der Waals surface area contributed by atoms with Crippen LogP contribution in [-0.4, -0.2) is 4.98 Å². The standard InChI is InChI=1S/C15H13ClN2S/c1-10-9-19-15-12(7-13(16)18-14(10)15)17-8-11-5-3-2-4-6-11/h2-7,9H,8H2,1H3,(H,17,18). The number of nitrogens with zero attached hydrogens (tertiary/aromatic N) is 1. The summed E-state index contributed by atoms with van der Waals surface area (Å²) in [5, 5.41) is 6.09. The minimum atomic E-state index is 0.532. The normalized spacial score (nSPS) is 10.8. The van der Waals surface area contributed by atoms with Gasteiger partial charge in [0.25, 0.3) is 0 Å². The van der Waals surface area contributed by atoms with Crippen LogP contribution in [0.1, 0.15) is 11.1 Å². The molecule has 0 atom stereocenters. The van der Waals surface area contributed by atoms with Crippen molar-refractivity contribution < 1.29 is 0 Å². The number of aryl methyl sites for hydroxylation is 1. The first-order chi connectivity index (χ1) is 9.24. The summed E-state index contributed by atoms with van der Waals surface area (Å²) in [6, 6.07) is 12.2. The maximum absolute atomic E-state index is 6.09. The first-order valence-electron chi connectivity index (χ1n) is 6.06. The summed E-state index contributed by atoms with van der Waals surface area (Å²) in [6.45, 7) is 2.84. The molecule has 1 N–H and O–H groups in total. The van der Waals surface area contributed by atoms with Gasteiger partial charge in [-0.15, -0.1) is 11.3 Å². The molecule has 0 fully saturated rings. The van der Waals surface area contributed by atoms with Crippen LogP contribution in [0.4, 0.5) is 5.69 Å². The number of hydrogen-bond donors (Lipinski definition) is 1. The number of fused-ring (bicyclic) bond motifs is 1. The highest BCUT2D eigenvalue weighted by Crippen LogP contribution is 2.32. The Bertz CT molecular complexity index is 707. The zero-order valence-corrected chi connectivity index (χ0v) is 12.1. The van der Waals surface area contributed by atoms with E-state index in [-0.39, 0.29) is 0 Å². The highest BCUT2D eigenvalue weighted by Gasteiger charge is 2.08. The lowest BCUT2D eigenvalue weighted by Gasteiger charge is -2.08. The Morgan fingerprint density at radius 3 is 2.84 bits per heavy atom. The molecule has 96 valence electrons. The quantitative estimate of drug-likeness (QED) is 0.696. The van der Waals surface area contributed by atoms with E-state index in [1.807, 2.05) is 24.3 Å². The number of rotatable bonds is 3. The predicted octanol–water partition coefficient (Wildman–Crippen LogP) is 4.87. The first kappa shape index (κ1) is 12.5. The van der Waals surface area contributed by atoms with Crippen molar-refractivity contribution in [2.75, 3.05) is 5.32 Å². The van der Waals surface area contributed by atoms with Crippen LogP contribution >= 0.6 is 22.9 Å². The van der Waals surface area contributed by atoms with Crippen molar-refractivity contribution in [3.63, 3.8) is 0 Å². The third kappa shape index (κ3) is 2.57. The van der Waals surface area contributed by atoms with Crippen LogP contribution < -0.4 is 5.32 Å². The van der Waals surface area contributed by atoms with E-state index in [4.69, 9.17) is 11.6 Å². The van der Waals surface area contributed by atoms with E-state index in [1.54, 1.807) is 11.3 Å². The van der Waals surface area contributed by atoms with Gasteiger partial charge >= 0.3 is 0 Å². The van der Waals surface area contributed by atoms with Crippen LogP contribution in [0.5, 0.6) is 0 Å². The minimum Gasteiger partial charge on any atom is -0.380 e. The van der Waals surface area contributed by atoms with E-state index in [1.165, 1.54) is 11.1 Å². The molecule has 2 nitrogen and oxygen atoms in total.